The van der Waals surface area contributed by atoms with E-state index >= 15 is 0 Å². The fourth-order valence-corrected chi connectivity index (χ4v) is 6.58. The van der Waals surface area contributed by atoms with Crippen LogP contribution in [0, 0.1) is 0 Å². The molecular formula is C23H33N5O6S2. The third-order valence-electron chi connectivity index (χ3n) is 5.13. The lowest BCUT2D eigenvalue weighted by atomic mass is 10.0. The van der Waals surface area contributed by atoms with Crippen LogP contribution in [0.15, 0.2) is 29.3 Å². The minimum absolute atomic E-state index is 0.0114. The fraction of sp³-hybridized carbons (Fsp3) is 0.522. The summed E-state index contributed by atoms with van der Waals surface area (Å²) < 4.78 is 34.5. The predicted molar refractivity (Wildman–Crippen MR) is 138 cm³/mol. The van der Waals surface area contributed by atoms with Gasteiger partial charge in [0.25, 0.3) is 0 Å². The van der Waals surface area contributed by atoms with Crippen molar-refractivity contribution in [2.24, 2.45) is 0 Å². The number of nitrogens with zero attached hydrogens (tertiary/aromatic N) is 1. The van der Waals surface area contributed by atoms with Gasteiger partial charge in [0.15, 0.2) is 0 Å². The number of nitrogens with one attached hydrogen (secondary N) is 4. The van der Waals surface area contributed by atoms with E-state index in [1.165, 1.54) is 17.4 Å². The average molecular weight is 540 g/mol. The molecule has 0 aliphatic carbocycles. The van der Waals surface area contributed by atoms with E-state index in [4.69, 9.17) is 9.84 Å². The smallest absolute Gasteiger partial charge is 0.411 e. The fourth-order valence-electron chi connectivity index (χ4n) is 3.78. The van der Waals surface area contributed by atoms with Gasteiger partial charge in [0.05, 0.1) is 21.9 Å². The minimum atomic E-state index is -3.96. The van der Waals surface area contributed by atoms with Gasteiger partial charge in [-0.2, -0.15) is 0 Å². The van der Waals surface area contributed by atoms with E-state index in [1.807, 2.05) is 0 Å². The van der Waals surface area contributed by atoms with Crippen molar-refractivity contribution in [1.82, 2.24) is 20.3 Å². The molecule has 0 spiro atoms. The highest BCUT2D eigenvalue weighted by molar-refractivity contribution is 7.89. The summed E-state index contributed by atoms with van der Waals surface area (Å²) in [6, 6.07) is 4.44. The first-order valence-electron chi connectivity index (χ1n) is 11.6. The second kappa shape index (κ2) is 11.1. The molecule has 1 aliphatic rings. The molecule has 2 aromatic rings. The summed E-state index contributed by atoms with van der Waals surface area (Å²) in [6.07, 6.45) is 0.938. The van der Waals surface area contributed by atoms with Gasteiger partial charge >= 0.3 is 12.2 Å². The number of rotatable bonds is 7. The van der Waals surface area contributed by atoms with Gasteiger partial charge in [-0.25, -0.2) is 27.7 Å². The van der Waals surface area contributed by atoms with E-state index in [9.17, 15) is 18.0 Å². The second-order valence-corrected chi connectivity index (χ2v) is 12.6. The number of thiazole rings is 1. The lowest BCUT2D eigenvalue weighted by molar-refractivity contribution is 0.130. The maximum absolute atomic E-state index is 13.4. The molecule has 2 heterocycles. The minimum Gasteiger partial charge on any atom is -0.465 e. The summed E-state index contributed by atoms with van der Waals surface area (Å²) in [4.78, 5) is 28.1. The van der Waals surface area contributed by atoms with Crippen molar-refractivity contribution in [2.75, 3.05) is 11.9 Å². The van der Waals surface area contributed by atoms with Gasteiger partial charge in [-0.3, -0.25) is 5.32 Å². The molecule has 1 aliphatic heterocycles. The van der Waals surface area contributed by atoms with E-state index in [0.717, 1.165) is 5.01 Å². The monoisotopic (exact) mass is 539 g/mol. The third kappa shape index (κ3) is 7.63. The van der Waals surface area contributed by atoms with Crippen LogP contribution in [0.25, 0.3) is 10.4 Å². The van der Waals surface area contributed by atoms with E-state index in [0.29, 0.717) is 29.8 Å². The number of carbonyl (C=O) groups excluding carboxylic acids is 1. The van der Waals surface area contributed by atoms with Crippen LogP contribution in [0.5, 0.6) is 0 Å². The van der Waals surface area contributed by atoms with Crippen LogP contribution in [0.3, 0.4) is 0 Å². The van der Waals surface area contributed by atoms with Crippen molar-refractivity contribution < 1.29 is 27.9 Å². The highest BCUT2D eigenvalue weighted by atomic mass is 32.2. The van der Waals surface area contributed by atoms with Gasteiger partial charge < -0.3 is 20.5 Å². The van der Waals surface area contributed by atoms with Gasteiger partial charge in [0.1, 0.15) is 5.01 Å². The van der Waals surface area contributed by atoms with Gasteiger partial charge in [-0.05, 0) is 59.6 Å². The Kier molecular flexibility index (Phi) is 8.59. The maximum atomic E-state index is 13.4. The van der Waals surface area contributed by atoms with Crippen LogP contribution in [-0.2, 0) is 14.8 Å². The first-order chi connectivity index (χ1) is 16.7. The SMILES string of the molecule is CC(C)OC(=O)Nc1ccc(-c2cnc(C3CCC(NC(=O)O)CN3)s2)c(S(=O)(=O)NC(C)(C)C)c1. The Morgan fingerprint density at radius 3 is 2.56 bits per heavy atom. The molecule has 1 fully saturated rings. The molecule has 3 rings (SSSR count). The molecule has 2 unspecified atom stereocenters. The van der Waals surface area contributed by atoms with Crippen LogP contribution in [0.4, 0.5) is 15.3 Å². The number of hydrogen-bond donors (Lipinski definition) is 5. The number of amides is 2. The maximum Gasteiger partial charge on any atom is 0.411 e. The lowest BCUT2D eigenvalue weighted by Gasteiger charge is -2.28. The number of carboxylic acid groups (broad SMARTS) is 1. The largest absolute Gasteiger partial charge is 0.465 e. The molecule has 11 nitrogen and oxygen atoms in total. The van der Waals surface area contributed by atoms with Crippen LogP contribution >= 0.6 is 11.3 Å². The van der Waals surface area contributed by atoms with Gasteiger partial charge in [-0.15, -0.1) is 11.3 Å². The number of benzene rings is 1. The van der Waals surface area contributed by atoms with Crippen molar-refractivity contribution in [1.29, 1.82) is 0 Å². The van der Waals surface area contributed by atoms with Crippen molar-refractivity contribution >= 4 is 39.2 Å². The summed E-state index contributed by atoms with van der Waals surface area (Å²) in [7, 11) is -3.96. The van der Waals surface area contributed by atoms with E-state index in [2.05, 4.69) is 25.7 Å². The Hall–Kier alpha value is -2.74. The number of hydrogen-bond acceptors (Lipinski definition) is 8. The Morgan fingerprint density at radius 2 is 1.97 bits per heavy atom. The number of sulfonamides is 1. The van der Waals surface area contributed by atoms with Crippen LogP contribution in [0.1, 0.15) is 58.5 Å². The topological polar surface area (TPSA) is 159 Å². The van der Waals surface area contributed by atoms with Crippen molar-refractivity contribution in [3.05, 3.63) is 29.4 Å². The molecule has 1 aromatic heterocycles. The standard InChI is InChI=1S/C23H33N5O6S2/c1-13(2)34-22(31)27-14-6-8-16(19(10-14)36(32,33)28-23(3,4)5)18-12-25-20(35-18)17-9-7-15(11-24-17)26-21(29)30/h6,8,10,12-13,15,17,24,26,28H,7,9,11H2,1-5H3,(H,27,31)(H,29,30). The molecular weight excluding hydrogens is 506 g/mol. The van der Waals surface area contributed by atoms with Crippen LogP contribution in [-0.4, -0.2) is 54.9 Å². The summed E-state index contributed by atoms with van der Waals surface area (Å²) in [5, 5.41) is 18.1. The van der Waals surface area contributed by atoms with Gasteiger partial charge in [0.2, 0.25) is 10.0 Å². The molecule has 2 atom stereocenters. The quantitative estimate of drug-likeness (QED) is 0.354. The Bertz CT molecular complexity index is 1200. The second-order valence-electron chi connectivity index (χ2n) is 9.89. The Morgan fingerprint density at radius 1 is 1.25 bits per heavy atom. The van der Waals surface area contributed by atoms with E-state index < -0.39 is 27.7 Å². The number of aromatic nitrogens is 1. The summed E-state index contributed by atoms with van der Waals surface area (Å²) in [6.45, 7) is 9.16. The molecule has 2 amide bonds. The van der Waals surface area contributed by atoms with Crippen molar-refractivity contribution in [2.45, 2.75) is 76.1 Å². The van der Waals surface area contributed by atoms with E-state index in [1.54, 1.807) is 52.9 Å². The van der Waals surface area contributed by atoms with Crippen LogP contribution in [0.2, 0.25) is 0 Å². The molecule has 198 valence electrons. The Labute approximate surface area is 215 Å². The molecule has 1 saturated heterocycles. The number of anilines is 1. The summed E-state index contributed by atoms with van der Waals surface area (Å²) in [5.41, 5.74) is 0.0236. The normalized spacial score (nSPS) is 18.6. The van der Waals surface area contributed by atoms with Gasteiger partial charge in [-0.1, -0.05) is 6.07 Å². The zero-order valence-electron chi connectivity index (χ0n) is 20.9. The number of carbonyl (C=O) groups is 2. The zero-order chi connectivity index (χ0) is 26.7. The highest BCUT2D eigenvalue weighted by Gasteiger charge is 2.28. The van der Waals surface area contributed by atoms with E-state index in [-0.39, 0.29) is 28.8 Å². The number of piperidine rings is 1. The third-order valence-corrected chi connectivity index (χ3v) is 8.07. The molecule has 1 aromatic carbocycles. The van der Waals surface area contributed by atoms with Gasteiger partial charge in [0, 0.05) is 35.6 Å². The van der Waals surface area contributed by atoms with Crippen molar-refractivity contribution in [3.8, 4) is 10.4 Å². The highest BCUT2D eigenvalue weighted by Crippen LogP contribution is 2.37. The zero-order valence-corrected chi connectivity index (χ0v) is 22.5. The average Bonchev–Trinajstić information content (AvgIpc) is 3.21. The summed E-state index contributed by atoms with van der Waals surface area (Å²) >= 11 is 1.37. The Balaban J connectivity index is 1.90. The molecule has 13 heteroatoms. The van der Waals surface area contributed by atoms with Crippen LogP contribution < -0.4 is 20.7 Å². The number of ether oxygens (including phenoxy) is 1. The predicted octanol–water partition coefficient (Wildman–Crippen LogP) is 3.90. The van der Waals surface area contributed by atoms with Crippen molar-refractivity contribution in [3.63, 3.8) is 0 Å². The lowest BCUT2D eigenvalue weighted by Crippen LogP contribution is -2.46. The molecule has 0 radical (unpaired) electrons. The first kappa shape index (κ1) is 27.8. The molecule has 0 saturated carbocycles. The summed E-state index contributed by atoms with van der Waals surface area (Å²) in [5.74, 6) is 0. The first-order valence-corrected chi connectivity index (χ1v) is 13.9. The molecule has 5 N–H and O–H groups in total. The molecule has 0 bridgehead atoms. The molecule has 36 heavy (non-hydrogen) atoms.